The number of benzene rings is 1. The van der Waals surface area contributed by atoms with Gasteiger partial charge >= 0.3 is 0 Å². The molecule has 1 atom stereocenters. The molecular formula is C11H12BrN3. The molecule has 15 heavy (non-hydrogen) atoms. The van der Waals surface area contributed by atoms with Crippen molar-refractivity contribution in [2.75, 3.05) is 0 Å². The summed E-state index contributed by atoms with van der Waals surface area (Å²) in [5.41, 5.74) is 2.01. The van der Waals surface area contributed by atoms with E-state index in [1.54, 1.807) is 4.68 Å². The first-order chi connectivity index (χ1) is 7.31. The maximum Gasteiger partial charge on any atom is 0.0967 e. The van der Waals surface area contributed by atoms with E-state index in [9.17, 15) is 0 Å². The van der Waals surface area contributed by atoms with E-state index in [4.69, 9.17) is 0 Å². The molecule has 0 saturated heterocycles. The first-order valence-electron chi connectivity index (χ1n) is 4.93. The molecule has 1 unspecified atom stereocenters. The van der Waals surface area contributed by atoms with Crippen LogP contribution >= 0.6 is 15.9 Å². The highest BCUT2D eigenvalue weighted by atomic mass is 79.9. The Labute approximate surface area is 97.2 Å². The van der Waals surface area contributed by atoms with Crippen molar-refractivity contribution in [1.82, 2.24) is 15.0 Å². The predicted octanol–water partition coefficient (Wildman–Crippen LogP) is 3.11. The van der Waals surface area contributed by atoms with E-state index in [1.165, 1.54) is 0 Å². The summed E-state index contributed by atoms with van der Waals surface area (Å²) in [6.07, 6.45) is 2.96. The summed E-state index contributed by atoms with van der Waals surface area (Å²) in [7, 11) is 0. The van der Waals surface area contributed by atoms with Gasteiger partial charge in [0.25, 0.3) is 0 Å². The van der Waals surface area contributed by atoms with Gasteiger partial charge < -0.3 is 0 Å². The quantitative estimate of drug-likeness (QED) is 0.799. The number of alkyl halides is 1. The maximum absolute atomic E-state index is 4.13. The second kappa shape index (κ2) is 4.57. The Morgan fingerprint density at radius 1 is 1.33 bits per heavy atom. The lowest BCUT2D eigenvalue weighted by atomic mass is 10.3. The van der Waals surface area contributed by atoms with Gasteiger partial charge in [-0.15, -0.1) is 5.10 Å². The Balaban J connectivity index is 2.28. The van der Waals surface area contributed by atoms with E-state index in [2.05, 4.69) is 33.2 Å². The number of halogens is 1. The van der Waals surface area contributed by atoms with Gasteiger partial charge in [0.1, 0.15) is 0 Å². The molecule has 0 spiro atoms. The lowest BCUT2D eigenvalue weighted by Crippen LogP contribution is -1.93. The first kappa shape index (κ1) is 10.4. The SMILES string of the molecule is CCC(Br)c1cn(-c2ccccc2)nn1. The fraction of sp³-hybridized carbons (Fsp3) is 0.273. The average molecular weight is 266 g/mol. The summed E-state index contributed by atoms with van der Waals surface area (Å²) >= 11 is 3.55. The van der Waals surface area contributed by atoms with Crippen molar-refractivity contribution < 1.29 is 0 Å². The maximum atomic E-state index is 4.13. The standard InChI is InChI=1S/C11H12BrN3/c1-2-10(12)11-8-15(14-13-11)9-6-4-3-5-7-9/h3-8,10H,2H2,1H3. The molecule has 2 aromatic rings. The summed E-state index contributed by atoms with van der Waals surface area (Å²) in [4.78, 5) is 0.287. The fourth-order valence-electron chi connectivity index (χ4n) is 1.34. The Morgan fingerprint density at radius 2 is 2.07 bits per heavy atom. The monoisotopic (exact) mass is 265 g/mol. The molecule has 0 N–H and O–H groups in total. The normalized spacial score (nSPS) is 12.7. The molecule has 1 heterocycles. The van der Waals surface area contributed by atoms with Crippen LogP contribution in [0.2, 0.25) is 0 Å². The summed E-state index contributed by atoms with van der Waals surface area (Å²) in [6, 6.07) is 9.98. The van der Waals surface area contributed by atoms with Crippen LogP contribution in [0.15, 0.2) is 36.5 Å². The number of para-hydroxylation sites is 1. The number of nitrogens with zero attached hydrogens (tertiary/aromatic N) is 3. The van der Waals surface area contributed by atoms with Gasteiger partial charge in [-0.25, -0.2) is 4.68 Å². The molecule has 4 heteroatoms. The van der Waals surface area contributed by atoms with E-state index < -0.39 is 0 Å². The second-order valence-electron chi connectivity index (χ2n) is 3.30. The number of aromatic nitrogens is 3. The van der Waals surface area contributed by atoms with Crippen LogP contribution in [0, 0.1) is 0 Å². The first-order valence-corrected chi connectivity index (χ1v) is 5.84. The van der Waals surface area contributed by atoms with Crippen LogP contribution in [0.1, 0.15) is 23.9 Å². The summed E-state index contributed by atoms with van der Waals surface area (Å²) in [5, 5.41) is 8.22. The molecule has 0 aliphatic heterocycles. The number of hydrogen-bond acceptors (Lipinski definition) is 2. The van der Waals surface area contributed by atoms with E-state index in [0.29, 0.717) is 0 Å². The summed E-state index contributed by atoms with van der Waals surface area (Å²) in [5.74, 6) is 0. The van der Waals surface area contributed by atoms with Gasteiger partial charge in [0.05, 0.1) is 22.4 Å². The molecule has 0 amide bonds. The third-order valence-electron chi connectivity index (χ3n) is 2.21. The van der Waals surface area contributed by atoms with Crippen LogP contribution in [0.25, 0.3) is 5.69 Å². The molecule has 0 aliphatic rings. The van der Waals surface area contributed by atoms with E-state index in [1.807, 2.05) is 36.5 Å². The summed E-state index contributed by atoms with van der Waals surface area (Å²) in [6.45, 7) is 2.11. The average Bonchev–Trinajstić information content (AvgIpc) is 2.78. The minimum atomic E-state index is 0.287. The van der Waals surface area contributed by atoms with E-state index in [0.717, 1.165) is 17.8 Å². The predicted molar refractivity (Wildman–Crippen MR) is 63.3 cm³/mol. The molecular weight excluding hydrogens is 254 g/mol. The van der Waals surface area contributed by atoms with E-state index >= 15 is 0 Å². The Kier molecular flexibility index (Phi) is 3.16. The zero-order valence-electron chi connectivity index (χ0n) is 8.47. The Morgan fingerprint density at radius 3 is 2.73 bits per heavy atom. The molecule has 3 nitrogen and oxygen atoms in total. The van der Waals surface area contributed by atoms with Crippen LogP contribution in [0.4, 0.5) is 0 Å². The zero-order chi connectivity index (χ0) is 10.7. The number of rotatable bonds is 3. The van der Waals surface area contributed by atoms with Crippen LogP contribution in [-0.4, -0.2) is 15.0 Å². The van der Waals surface area contributed by atoms with Gasteiger partial charge in [-0.05, 0) is 18.6 Å². The van der Waals surface area contributed by atoms with Crippen molar-refractivity contribution in [3.63, 3.8) is 0 Å². The zero-order valence-corrected chi connectivity index (χ0v) is 10.1. The summed E-state index contributed by atoms with van der Waals surface area (Å²) < 4.78 is 1.79. The van der Waals surface area contributed by atoms with Crippen LogP contribution in [0.5, 0.6) is 0 Å². The van der Waals surface area contributed by atoms with E-state index in [-0.39, 0.29) is 4.83 Å². The largest absolute Gasteiger partial charge is 0.220 e. The topological polar surface area (TPSA) is 30.7 Å². The third-order valence-corrected chi connectivity index (χ3v) is 3.33. The highest BCUT2D eigenvalue weighted by Gasteiger charge is 2.09. The lowest BCUT2D eigenvalue weighted by Gasteiger charge is -2.00. The van der Waals surface area contributed by atoms with Gasteiger partial charge in [0.15, 0.2) is 0 Å². The fourth-order valence-corrected chi connectivity index (χ4v) is 1.55. The van der Waals surface area contributed by atoms with Gasteiger partial charge in [-0.1, -0.05) is 46.3 Å². The van der Waals surface area contributed by atoms with Crippen molar-refractivity contribution >= 4 is 15.9 Å². The van der Waals surface area contributed by atoms with Crippen molar-refractivity contribution in [3.05, 3.63) is 42.2 Å². The minimum absolute atomic E-state index is 0.287. The second-order valence-corrected chi connectivity index (χ2v) is 4.40. The Bertz CT molecular complexity index is 424. The van der Waals surface area contributed by atoms with Crippen LogP contribution < -0.4 is 0 Å². The van der Waals surface area contributed by atoms with Crippen LogP contribution in [-0.2, 0) is 0 Å². The van der Waals surface area contributed by atoms with Gasteiger partial charge in [0.2, 0.25) is 0 Å². The molecule has 1 aromatic carbocycles. The molecule has 2 rings (SSSR count). The smallest absolute Gasteiger partial charge is 0.0967 e. The molecule has 0 radical (unpaired) electrons. The number of hydrogen-bond donors (Lipinski definition) is 0. The Hall–Kier alpha value is -1.16. The highest BCUT2D eigenvalue weighted by Crippen LogP contribution is 2.23. The molecule has 0 bridgehead atoms. The van der Waals surface area contributed by atoms with Crippen molar-refractivity contribution in [2.45, 2.75) is 18.2 Å². The molecule has 78 valence electrons. The van der Waals surface area contributed by atoms with Crippen molar-refractivity contribution in [2.24, 2.45) is 0 Å². The molecule has 0 fully saturated rings. The molecule has 1 aromatic heterocycles. The molecule has 0 aliphatic carbocycles. The van der Waals surface area contributed by atoms with Gasteiger partial charge in [0, 0.05) is 0 Å². The highest BCUT2D eigenvalue weighted by molar-refractivity contribution is 9.09. The van der Waals surface area contributed by atoms with Crippen LogP contribution in [0.3, 0.4) is 0 Å². The molecule has 0 saturated carbocycles. The third kappa shape index (κ3) is 2.26. The minimum Gasteiger partial charge on any atom is -0.220 e. The van der Waals surface area contributed by atoms with Crippen molar-refractivity contribution in [3.8, 4) is 5.69 Å². The van der Waals surface area contributed by atoms with Crippen molar-refractivity contribution in [1.29, 1.82) is 0 Å². The lowest BCUT2D eigenvalue weighted by molar-refractivity contribution is 0.790. The van der Waals surface area contributed by atoms with Gasteiger partial charge in [-0.3, -0.25) is 0 Å². The van der Waals surface area contributed by atoms with Gasteiger partial charge in [-0.2, -0.15) is 0 Å².